The molecule has 0 amide bonds. The number of nitrogens with zero attached hydrogens (tertiary/aromatic N) is 1. The van der Waals surface area contributed by atoms with Gasteiger partial charge in [-0.15, -0.1) is 0 Å². The van der Waals surface area contributed by atoms with Crippen LogP contribution >= 0.6 is 0 Å². The Labute approximate surface area is 113 Å². The van der Waals surface area contributed by atoms with E-state index in [2.05, 4.69) is 4.90 Å². The molecule has 4 heteroatoms. The minimum absolute atomic E-state index is 0.245. The number of carbonyl (C=O) groups excluding carboxylic acids is 1. The molecule has 1 heterocycles. The van der Waals surface area contributed by atoms with Crippen LogP contribution in [0.1, 0.15) is 19.8 Å². The Balaban J connectivity index is 2.13. The molecule has 0 saturated carbocycles. The monoisotopic (exact) mass is 265 g/mol. The molecule has 3 nitrogen and oxygen atoms in total. The SMILES string of the molecule is CCN(CC1(C=O)CCCOC1)c1ccc(F)cc1. The minimum Gasteiger partial charge on any atom is -0.380 e. The maximum atomic E-state index is 13.0. The van der Waals surface area contributed by atoms with E-state index in [1.165, 1.54) is 12.1 Å². The van der Waals surface area contributed by atoms with Crippen LogP contribution in [0.15, 0.2) is 24.3 Å². The first kappa shape index (κ1) is 14.0. The van der Waals surface area contributed by atoms with Crippen molar-refractivity contribution in [2.45, 2.75) is 19.8 Å². The second-order valence-corrected chi connectivity index (χ2v) is 5.13. The van der Waals surface area contributed by atoms with Crippen molar-refractivity contribution < 1.29 is 13.9 Å². The molecular formula is C15H20FNO2. The van der Waals surface area contributed by atoms with Gasteiger partial charge in [0.15, 0.2) is 0 Å². The quantitative estimate of drug-likeness (QED) is 0.767. The number of rotatable bonds is 5. The minimum atomic E-state index is -0.428. The fourth-order valence-corrected chi connectivity index (χ4v) is 2.55. The highest BCUT2D eigenvalue weighted by atomic mass is 19.1. The van der Waals surface area contributed by atoms with Crippen molar-refractivity contribution in [1.29, 1.82) is 0 Å². The van der Waals surface area contributed by atoms with Crippen molar-refractivity contribution in [3.8, 4) is 0 Å². The lowest BCUT2D eigenvalue weighted by molar-refractivity contribution is -0.122. The molecule has 0 aromatic heterocycles. The Kier molecular flexibility index (Phi) is 4.53. The Morgan fingerprint density at radius 2 is 2.16 bits per heavy atom. The number of hydrogen-bond acceptors (Lipinski definition) is 3. The van der Waals surface area contributed by atoms with Crippen molar-refractivity contribution in [2.24, 2.45) is 5.41 Å². The molecule has 2 rings (SSSR count). The second kappa shape index (κ2) is 6.15. The first-order valence-corrected chi connectivity index (χ1v) is 6.74. The van der Waals surface area contributed by atoms with E-state index in [1.54, 1.807) is 12.1 Å². The van der Waals surface area contributed by atoms with Crippen LogP contribution in [0.2, 0.25) is 0 Å². The van der Waals surface area contributed by atoms with Crippen LogP contribution in [0.5, 0.6) is 0 Å². The van der Waals surface area contributed by atoms with Crippen LogP contribution in [0, 0.1) is 11.2 Å². The van der Waals surface area contributed by atoms with Gasteiger partial charge in [0.1, 0.15) is 12.1 Å². The van der Waals surface area contributed by atoms with E-state index in [4.69, 9.17) is 4.74 Å². The predicted octanol–water partition coefficient (Wildman–Crippen LogP) is 2.65. The second-order valence-electron chi connectivity index (χ2n) is 5.13. The van der Waals surface area contributed by atoms with E-state index in [-0.39, 0.29) is 5.82 Å². The molecule has 1 saturated heterocycles. The molecule has 1 aromatic carbocycles. The lowest BCUT2D eigenvalue weighted by Gasteiger charge is -2.37. The Hall–Kier alpha value is -1.42. The summed E-state index contributed by atoms with van der Waals surface area (Å²) < 4.78 is 18.4. The van der Waals surface area contributed by atoms with Crippen LogP contribution in [0.4, 0.5) is 10.1 Å². The van der Waals surface area contributed by atoms with Crippen molar-refractivity contribution in [3.63, 3.8) is 0 Å². The largest absolute Gasteiger partial charge is 0.380 e. The Bertz CT molecular complexity index is 413. The molecular weight excluding hydrogens is 245 g/mol. The Morgan fingerprint density at radius 3 is 2.68 bits per heavy atom. The molecule has 0 aliphatic carbocycles. The summed E-state index contributed by atoms with van der Waals surface area (Å²) in [6.45, 7) is 4.65. The molecule has 1 aromatic rings. The highest BCUT2D eigenvalue weighted by Crippen LogP contribution is 2.29. The smallest absolute Gasteiger partial charge is 0.130 e. The normalized spacial score (nSPS) is 23.1. The van der Waals surface area contributed by atoms with Crippen molar-refractivity contribution in [1.82, 2.24) is 0 Å². The fraction of sp³-hybridized carbons (Fsp3) is 0.533. The van der Waals surface area contributed by atoms with Gasteiger partial charge in [-0.3, -0.25) is 0 Å². The maximum absolute atomic E-state index is 13.0. The third-order valence-corrected chi connectivity index (χ3v) is 3.68. The summed E-state index contributed by atoms with van der Waals surface area (Å²) >= 11 is 0. The fourth-order valence-electron chi connectivity index (χ4n) is 2.55. The van der Waals surface area contributed by atoms with Crippen molar-refractivity contribution >= 4 is 12.0 Å². The van der Waals surface area contributed by atoms with Gasteiger partial charge in [0, 0.05) is 25.4 Å². The summed E-state index contributed by atoms with van der Waals surface area (Å²) in [4.78, 5) is 13.6. The van der Waals surface area contributed by atoms with Crippen LogP contribution in [0.25, 0.3) is 0 Å². The van der Waals surface area contributed by atoms with Gasteiger partial charge >= 0.3 is 0 Å². The number of halogens is 1. The number of anilines is 1. The number of hydrogen-bond donors (Lipinski definition) is 0. The first-order chi connectivity index (χ1) is 9.19. The lowest BCUT2D eigenvalue weighted by Crippen LogP contribution is -2.44. The van der Waals surface area contributed by atoms with Crippen molar-refractivity contribution in [2.75, 3.05) is 31.2 Å². The molecule has 1 fully saturated rings. The standard InChI is InChI=1S/C15H20FNO2/c1-2-17(14-6-4-13(16)5-7-14)10-15(11-18)8-3-9-19-12-15/h4-7,11H,2-3,8-10,12H2,1H3. The zero-order chi connectivity index (χ0) is 13.7. The maximum Gasteiger partial charge on any atom is 0.130 e. The number of aldehydes is 1. The highest BCUT2D eigenvalue weighted by Gasteiger charge is 2.34. The summed E-state index contributed by atoms with van der Waals surface area (Å²) in [6, 6.07) is 6.40. The van der Waals surface area contributed by atoms with E-state index >= 15 is 0 Å². The van der Waals surface area contributed by atoms with Gasteiger partial charge in [0.2, 0.25) is 0 Å². The molecule has 1 aliphatic heterocycles. The van der Waals surface area contributed by atoms with Gasteiger partial charge < -0.3 is 14.4 Å². The van der Waals surface area contributed by atoms with E-state index < -0.39 is 5.41 Å². The summed E-state index contributed by atoms with van der Waals surface area (Å²) in [7, 11) is 0. The topological polar surface area (TPSA) is 29.5 Å². The van der Waals surface area contributed by atoms with Gasteiger partial charge in [0.05, 0.1) is 12.0 Å². The van der Waals surface area contributed by atoms with Crippen LogP contribution in [0.3, 0.4) is 0 Å². The summed E-state index contributed by atoms with van der Waals surface area (Å²) in [5.74, 6) is -0.245. The molecule has 0 spiro atoms. The average molecular weight is 265 g/mol. The third-order valence-electron chi connectivity index (χ3n) is 3.68. The predicted molar refractivity (Wildman–Crippen MR) is 72.8 cm³/mol. The van der Waals surface area contributed by atoms with Gasteiger partial charge in [-0.05, 0) is 44.0 Å². The molecule has 1 unspecified atom stereocenters. The molecule has 0 bridgehead atoms. The van der Waals surface area contributed by atoms with Crippen LogP contribution in [-0.2, 0) is 9.53 Å². The van der Waals surface area contributed by atoms with Crippen LogP contribution < -0.4 is 4.90 Å². The summed E-state index contributed by atoms with van der Waals surface area (Å²) in [6.07, 6.45) is 2.80. The first-order valence-electron chi connectivity index (χ1n) is 6.74. The van der Waals surface area contributed by atoms with E-state index in [0.717, 1.165) is 38.0 Å². The number of carbonyl (C=O) groups is 1. The molecule has 19 heavy (non-hydrogen) atoms. The number of benzene rings is 1. The van der Waals surface area contributed by atoms with Gasteiger partial charge in [-0.2, -0.15) is 0 Å². The lowest BCUT2D eigenvalue weighted by atomic mass is 9.83. The molecule has 0 radical (unpaired) electrons. The van der Waals surface area contributed by atoms with Crippen LogP contribution in [-0.4, -0.2) is 32.6 Å². The molecule has 1 aliphatic rings. The zero-order valence-electron chi connectivity index (χ0n) is 11.3. The summed E-state index contributed by atoms with van der Waals surface area (Å²) in [5, 5.41) is 0. The Morgan fingerprint density at radius 1 is 1.42 bits per heavy atom. The average Bonchev–Trinajstić information content (AvgIpc) is 2.47. The third kappa shape index (κ3) is 3.32. The van der Waals surface area contributed by atoms with Gasteiger partial charge in [-0.25, -0.2) is 4.39 Å². The molecule has 0 N–H and O–H groups in total. The van der Waals surface area contributed by atoms with E-state index in [9.17, 15) is 9.18 Å². The van der Waals surface area contributed by atoms with E-state index in [0.29, 0.717) is 13.2 Å². The summed E-state index contributed by atoms with van der Waals surface area (Å²) in [5.41, 5.74) is 0.513. The number of ether oxygens (including phenoxy) is 1. The molecule has 104 valence electrons. The molecule has 1 atom stereocenters. The van der Waals surface area contributed by atoms with Gasteiger partial charge in [0.25, 0.3) is 0 Å². The van der Waals surface area contributed by atoms with Crippen molar-refractivity contribution in [3.05, 3.63) is 30.1 Å². The zero-order valence-corrected chi connectivity index (χ0v) is 11.3. The highest BCUT2D eigenvalue weighted by molar-refractivity contribution is 5.62. The van der Waals surface area contributed by atoms with E-state index in [1.807, 2.05) is 6.92 Å². The van der Waals surface area contributed by atoms with Gasteiger partial charge in [-0.1, -0.05) is 0 Å².